The molecule has 0 saturated heterocycles. The van der Waals surface area contributed by atoms with Crippen LogP contribution in [0.15, 0.2) is 23.8 Å². The highest BCUT2D eigenvalue weighted by Crippen LogP contribution is 2.22. The molecule has 20 heavy (non-hydrogen) atoms. The highest BCUT2D eigenvalue weighted by Gasteiger charge is 2.17. The minimum Gasteiger partial charge on any atom is -0.251 e. The van der Waals surface area contributed by atoms with Crippen molar-refractivity contribution in [1.82, 2.24) is 28.9 Å². The van der Waals surface area contributed by atoms with Gasteiger partial charge in [0.1, 0.15) is 0 Å². The van der Waals surface area contributed by atoms with E-state index in [1.54, 1.807) is 10.9 Å². The van der Waals surface area contributed by atoms with Crippen LogP contribution in [0.2, 0.25) is 0 Å². The standard InChI is InChI=1S/C13H16N6S/c1-9(2)6-11-16-13(10-7-15-20-8-10)19(17-11)12-4-5-14-18(12)3/h4-5,7-9H,6H2,1-3H3. The molecule has 0 atom stereocenters. The molecule has 0 aromatic carbocycles. The van der Waals surface area contributed by atoms with Crippen LogP contribution in [0, 0.1) is 5.92 Å². The zero-order chi connectivity index (χ0) is 14.1. The molecule has 0 aliphatic heterocycles. The maximum Gasteiger partial charge on any atom is 0.167 e. The van der Waals surface area contributed by atoms with E-state index in [0.717, 1.165) is 29.5 Å². The summed E-state index contributed by atoms with van der Waals surface area (Å²) in [5.41, 5.74) is 0.985. The summed E-state index contributed by atoms with van der Waals surface area (Å²) < 4.78 is 7.78. The van der Waals surface area contributed by atoms with Gasteiger partial charge in [-0.1, -0.05) is 13.8 Å². The van der Waals surface area contributed by atoms with E-state index in [1.807, 2.05) is 29.4 Å². The predicted molar refractivity (Wildman–Crippen MR) is 77.8 cm³/mol. The first-order valence-corrected chi connectivity index (χ1v) is 7.33. The highest BCUT2D eigenvalue weighted by molar-refractivity contribution is 7.03. The van der Waals surface area contributed by atoms with Crippen molar-refractivity contribution in [3.8, 4) is 17.2 Å². The van der Waals surface area contributed by atoms with Crippen molar-refractivity contribution in [2.24, 2.45) is 13.0 Å². The predicted octanol–water partition coefficient (Wildman–Crippen LogP) is 2.32. The summed E-state index contributed by atoms with van der Waals surface area (Å²) in [5.74, 6) is 3.08. The van der Waals surface area contributed by atoms with Gasteiger partial charge in [-0.25, -0.2) is 9.36 Å². The molecule has 0 radical (unpaired) electrons. The van der Waals surface area contributed by atoms with Crippen LogP contribution in [0.25, 0.3) is 17.2 Å². The molecule has 6 nitrogen and oxygen atoms in total. The van der Waals surface area contributed by atoms with Gasteiger partial charge in [-0.3, -0.25) is 4.68 Å². The van der Waals surface area contributed by atoms with E-state index in [9.17, 15) is 0 Å². The van der Waals surface area contributed by atoms with Gasteiger partial charge in [0.15, 0.2) is 17.5 Å². The number of aryl methyl sites for hydroxylation is 1. The van der Waals surface area contributed by atoms with Crippen molar-refractivity contribution >= 4 is 11.5 Å². The van der Waals surface area contributed by atoms with E-state index in [-0.39, 0.29) is 0 Å². The van der Waals surface area contributed by atoms with E-state index < -0.39 is 0 Å². The monoisotopic (exact) mass is 288 g/mol. The largest absolute Gasteiger partial charge is 0.251 e. The Morgan fingerprint density at radius 2 is 2.20 bits per heavy atom. The Morgan fingerprint density at radius 1 is 1.35 bits per heavy atom. The van der Waals surface area contributed by atoms with Gasteiger partial charge in [-0.05, 0) is 17.5 Å². The van der Waals surface area contributed by atoms with Crippen LogP contribution >= 0.6 is 11.5 Å². The fraction of sp³-hybridized carbons (Fsp3) is 0.385. The van der Waals surface area contributed by atoms with E-state index in [2.05, 4.69) is 33.4 Å². The topological polar surface area (TPSA) is 61.4 Å². The number of aromatic nitrogens is 6. The van der Waals surface area contributed by atoms with Crippen LogP contribution in [0.3, 0.4) is 0 Å². The minimum absolute atomic E-state index is 0.519. The zero-order valence-electron chi connectivity index (χ0n) is 11.7. The van der Waals surface area contributed by atoms with Crippen molar-refractivity contribution in [3.05, 3.63) is 29.7 Å². The molecule has 0 spiro atoms. The van der Waals surface area contributed by atoms with Gasteiger partial charge < -0.3 is 0 Å². The number of hydrogen-bond donors (Lipinski definition) is 0. The first-order chi connectivity index (χ1) is 9.65. The summed E-state index contributed by atoms with van der Waals surface area (Å²) in [6.07, 6.45) is 4.44. The fourth-order valence-electron chi connectivity index (χ4n) is 2.04. The second-order valence-electron chi connectivity index (χ2n) is 5.09. The number of rotatable bonds is 4. The fourth-order valence-corrected chi connectivity index (χ4v) is 2.56. The highest BCUT2D eigenvalue weighted by atomic mass is 32.1. The summed E-state index contributed by atoms with van der Waals surface area (Å²) in [7, 11) is 1.90. The molecule has 104 valence electrons. The van der Waals surface area contributed by atoms with Gasteiger partial charge in [-0.2, -0.15) is 9.78 Å². The Balaban J connectivity index is 2.12. The lowest BCUT2D eigenvalue weighted by molar-refractivity contribution is 0.614. The molecule has 0 N–H and O–H groups in total. The maximum atomic E-state index is 4.67. The molecule has 0 unspecified atom stereocenters. The first kappa shape index (κ1) is 13.0. The SMILES string of the molecule is CC(C)Cc1nc(-c2cnsc2)n(-c2ccnn2C)n1. The summed E-state index contributed by atoms with van der Waals surface area (Å²) >= 11 is 1.41. The lowest BCUT2D eigenvalue weighted by Gasteiger charge is -2.04. The first-order valence-electron chi connectivity index (χ1n) is 6.49. The summed E-state index contributed by atoms with van der Waals surface area (Å²) in [6, 6.07) is 1.93. The van der Waals surface area contributed by atoms with Crippen LogP contribution < -0.4 is 0 Å². The van der Waals surface area contributed by atoms with Gasteiger partial charge in [0, 0.05) is 24.9 Å². The van der Waals surface area contributed by atoms with E-state index in [0.29, 0.717) is 5.92 Å². The van der Waals surface area contributed by atoms with Gasteiger partial charge in [0.05, 0.1) is 18.0 Å². The Labute approximate surface area is 121 Å². The minimum atomic E-state index is 0.519. The third-order valence-corrected chi connectivity index (χ3v) is 3.53. The van der Waals surface area contributed by atoms with Crippen molar-refractivity contribution < 1.29 is 0 Å². The van der Waals surface area contributed by atoms with Crippen LogP contribution in [-0.2, 0) is 13.5 Å². The lowest BCUT2D eigenvalue weighted by atomic mass is 10.1. The molecule has 3 rings (SSSR count). The quantitative estimate of drug-likeness (QED) is 0.739. The molecule has 3 heterocycles. The Kier molecular flexibility index (Phi) is 3.35. The molecule has 0 bridgehead atoms. The van der Waals surface area contributed by atoms with E-state index in [1.165, 1.54) is 11.5 Å². The van der Waals surface area contributed by atoms with E-state index >= 15 is 0 Å². The summed E-state index contributed by atoms with van der Waals surface area (Å²) in [5, 5.41) is 10.8. The lowest BCUT2D eigenvalue weighted by Crippen LogP contribution is -2.06. The van der Waals surface area contributed by atoms with Gasteiger partial charge in [0.2, 0.25) is 0 Å². The van der Waals surface area contributed by atoms with Crippen molar-refractivity contribution in [2.75, 3.05) is 0 Å². The maximum absolute atomic E-state index is 4.67. The van der Waals surface area contributed by atoms with Crippen LogP contribution in [0.1, 0.15) is 19.7 Å². The molecular weight excluding hydrogens is 272 g/mol. The average molecular weight is 288 g/mol. The molecule has 0 amide bonds. The Morgan fingerprint density at radius 3 is 2.80 bits per heavy atom. The molecule has 0 aliphatic carbocycles. The summed E-state index contributed by atoms with van der Waals surface area (Å²) in [6.45, 7) is 4.33. The molecule has 7 heteroatoms. The third-order valence-electron chi connectivity index (χ3n) is 2.94. The number of hydrogen-bond acceptors (Lipinski definition) is 5. The zero-order valence-corrected chi connectivity index (χ0v) is 12.5. The van der Waals surface area contributed by atoms with Crippen molar-refractivity contribution in [2.45, 2.75) is 20.3 Å². The van der Waals surface area contributed by atoms with E-state index in [4.69, 9.17) is 0 Å². The molecule has 0 fully saturated rings. The van der Waals surface area contributed by atoms with Crippen molar-refractivity contribution in [3.63, 3.8) is 0 Å². The second kappa shape index (κ2) is 5.16. The second-order valence-corrected chi connectivity index (χ2v) is 5.74. The molecule has 0 aliphatic rings. The smallest absolute Gasteiger partial charge is 0.167 e. The molecule has 3 aromatic heterocycles. The van der Waals surface area contributed by atoms with Crippen LogP contribution in [-0.4, -0.2) is 28.9 Å². The number of nitrogens with zero attached hydrogens (tertiary/aromatic N) is 6. The Hall–Kier alpha value is -2.02. The molecule has 0 saturated carbocycles. The third kappa shape index (κ3) is 2.36. The van der Waals surface area contributed by atoms with Crippen LogP contribution in [0.4, 0.5) is 0 Å². The van der Waals surface area contributed by atoms with Crippen LogP contribution in [0.5, 0.6) is 0 Å². The van der Waals surface area contributed by atoms with Gasteiger partial charge >= 0.3 is 0 Å². The van der Waals surface area contributed by atoms with Gasteiger partial charge in [0.25, 0.3) is 0 Å². The molecule has 3 aromatic rings. The molecular formula is C13H16N6S. The van der Waals surface area contributed by atoms with Gasteiger partial charge in [-0.15, -0.1) is 5.10 Å². The Bertz CT molecular complexity index is 694. The normalized spacial score (nSPS) is 11.4. The van der Waals surface area contributed by atoms with Crippen molar-refractivity contribution in [1.29, 1.82) is 0 Å². The summed E-state index contributed by atoms with van der Waals surface area (Å²) in [4.78, 5) is 4.67. The average Bonchev–Trinajstić information content (AvgIpc) is 3.07.